The van der Waals surface area contributed by atoms with Gasteiger partial charge in [0, 0.05) is 19.0 Å². The second-order valence-corrected chi connectivity index (χ2v) is 9.05. The van der Waals surface area contributed by atoms with Gasteiger partial charge in [0.05, 0.1) is 13.3 Å². The predicted octanol–water partition coefficient (Wildman–Crippen LogP) is 5.58. The van der Waals surface area contributed by atoms with Gasteiger partial charge in [-0.15, -0.1) is 0 Å². The summed E-state index contributed by atoms with van der Waals surface area (Å²) in [6.45, 7) is 0.111. The maximum Gasteiger partial charge on any atom is 0.365 e. The Bertz CT molecular complexity index is 1260. The molecular formula is C26H24F2N4O3S. The first-order chi connectivity index (χ1) is 17.4. The van der Waals surface area contributed by atoms with E-state index in [1.54, 1.807) is 6.21 Å². The first-order valence-electron chi connectivity index (χ1n) is 11.1. The van der Waals surface area contributed by atoms with E-state index in [0.717, 1.165) is 46.2 Å². The fourth-order valence-corrected chi connectivity index (χ4v) is 4.98. The van der Waals surface area contributed by atoms with Crippen LogP contribution in [0.1, 0.15) is 23.1 Å². The summed E-state index contributed by atoms with van der Waals surface area (Å²) in [7, 11) is 2.79. The number of halogens is 2. The molecule has 10 heteroatoms. The summed E-state index contributed by atoms with van der Waals surface area (Å²) in [6.07, 6.45) is 1.82. The summed E-state index contributed by atoms with van der Waals surface area (Å²) in [5.74, 6) is -1.26. The number of hydrazone groups is 1. The molecule has 7 nitrogen and oxygen atoms in total. The highest BCUT2D eigenvalue weighted by Crippen LogP contribution is 2.50. The van der Waals surface area contributed by atoms with E-state index >= 15 is 0 Å². The van der Waals surface area contributed by atoms with E-state index in [9.17, 15) is 13.6 Å². The lowest BCUT2D eigenvalue weighted by molar-refractivity contribution is -0.0812. The van der Waals surface area contributed by atoms with Gasteiger partial charge >= 0.3 is 6.03 Å². The van der Waals surface area contributed by atoms with E-state index in [-0.39, 0.29) is 23.6 Å². The molecule has 1 aliphatic heterocycles. The molecule has 0 saturated heterocycles. The molecule has 186 valence electrons. The zero-order valence-electron chi connectivity index (χ0n) is 19.7. The molecule has 0 aliphatic carbocycles. The molecule has 3 aromatic carbocycles. The molecule has 1 aliphatic rings. The van der Waals surface area contributed by atoms with Crippen LogP contribution in [0.5, 0.6) is 0 Å². The van der Waals surface area contributed by atoms with Crippen LogP contribution in [-0.4, -0.2) is 48.1 Å². The van der Waals surface area contributed by atoms with Crippen LogP contribution in [0.3, 0.4) is 0 Å². The molecule has 0 bridgehead atoms. The summed E-state index contributed by atoms with van der Waals surface area (Å²) in [5.41, 5.74) is 1.55. The molecule has 0 fully saturated rings. The molecule has 3 aromatic rings. The molecule has 0 N–H and O–H groups in total. The number of hydrogen-bond acceptors (Lipinski definition) is 6. The van der Waals surface area contributed by atoms with Crippen molar-refractivity contribution in [2.75, 3.05) is 20.8 Å². The minimum atomic E-state index is -1.14. The largest absolute Gasteiger partial charge is 0.396 e. The van der Waals surface area contributed by atoms with Crippen molar-refractivity contribution < 1.29 is 23.3 Å². The van der Waals surface area contributed by atoms with Crippen LogP contribution in [0.2, 0.25) is 0 Å². The van der Waals surface area contributed by atoms with Crippen molar-refractivity contribution in [2.45, 2.75) is 11.3 Å². The van der Waals surface area contributed by atoms with Crippen LogP contribution in [0.25, 0.3) is 0 Å². The maximum atomic E-state index is 14.7. The Hall–Kier alpha value is -3.76. The molecule has 36 heavy (non-hydrogen) atoms. The zero-order chi connectivity index (χ0) is 25.5. The quantitative estimate of drug-likeness (QED) is 0.225. The van der Waals surface area contributed by atoms with Gasteiger partial charge < -0.3 is 4.84 Å². The van der Waals surface area contributed by atoms with Crippen molar-refractivity contribution in [3.8, 4) is 0 Å². The van der Waals surface area contributed by atoms with Crippen LogP contribution in [0.15, 0.2) is 89.1 Å². The van der Waals surface area contributed by atoms with Crippen LogP contribution in [0, 0.1) is 11.6 Å². The molecule has 1 heterocycles. The minimum Gasteiger partial charge on any atom is -0.396 e. The van der Waals surface area contributed by atoms with Gasteiger partial charge in [0.2, 0.25) is 0 Å². The normalized spacial score (nSPS) is 17.3. The van der Waals surface area contributed by atoms with E-state index in [0.29, 0.717) is 0 Å². The van der Waals surface area contributed by atoms with E-state index < -0.39 is 22.5 Å². The molecule has 0 spiro atoms. The molecule has 1 atom stereocenters. The third-order valence-electron chi connectivity index (χ3n) is 5.51. The van der Waals surface area contributed by atoms with Crippen molar-refractivity contribution in [3.05, 3.63) is 107 Å². The van der Waals surface area contributed by atoms with Gasteiger partial charge in [0.15, 0.2) is 0 Å². The number of rotatable bonds is 8. The van der Waals surface area contributed by atoms with Gasteiger partial charge in [0.25, 0.3) is 0 Å². The summed E-state index contributed by atoms with van der Waals surface area (Å²) in [4.78, 5) is 22.8. The molecule has 1 unspecified atom stereocenters. The summed E-state index contributed by atoms with van der Waals surface area (Å²) >= 11 is 1.14. The molecular weight excluding hydrogens is 486 g/mol. The minimum absolute atomic E-state index is 0.0429. The fourth-order valence-electron chi connectivity index (χ4n) is 3.63. The SMILES string of the molecule is CON(C)C(=O)N1N=C(c2cc(F)ccc2F)SC1(CCO/N=C/c1ccccc1)c1ccccc1. The van der Waals surface area contributed by atoms with Crippen molar-refractivity contribution in [1.82, 2.24) is 10.1 Å². The Kier molecular flexibility index (Phi) is 7.97. The highest BCUT2D eigenvalue weighted by Gasteiger charge is 2.50. The van der Waals surface area contributed by atoms with E-state index in [4.69, 9.17) is 9.68 Å². The fraction of sp³-hybridized carbons (Fsp3) is 0.192. The van der Waals surface area contributed by atoms with Crippen LogP contribution in [-0.2, 0) is 14.5 Å². The number of hydrogen-bond donors (Lipinski definition) is 0. The van der Waals surface area contributed by atoms with Gasteiger partial charge in [-0.3, -0.25) is 4.84 Å². The van der Waals surface area contributed by atoms with Crippen molar-refractivity contribution >= 4 is 29.1 Å². The first kappa shape index (κ1) is 25.3. The Labute approximate surface area is 211 Å². The number of nitrogens with zero attached hydrogens (tertiary/aromatic N) is 4. The number of carbonyl (C=O) groups is 1. The van der Waals surface area contributed by atoms with E-state index in [1.165, 1.54) is 19.2 Å². The third kappa shape index (κ3) is 5.39. The Balaban J connectivity index is 1.69. The molecule has 2 amide bonds. The second kappa shape index (κ2) is 11.3. The Morgan fingerprint density at radius 2 is 1.81 bits per heavy atom. The summed E-state index contributed by atoms with van der Waals surface area (Å²) in [6, 6.07) is 21.2. The topological polar surface area (TPSA) is 66.7 Å². The highest BCUT2D eigenvalue weighted by molar-refractivity contribution is 8.15. The average molecular weight is 511 g/mol. The number of benzene rings is 3. The predicted molar refractivity (Wildman–Crippen MR) is 135 cm³/mol. The number of amides is 2. The Morgan fingerprint density at radius 1 is 1.11 bits per heavy atom. The van der Waals surface area contributed by atoms with Gasteiger partial charge in [0.1, 0.15) is 28.2 Å². The number of urea groups is 1. The number of carbonyl (C=O) groups excluding carboxylic acids is 1. The maximum absolute atomic E-state index is 14.7. The van der Waals surface area contributed by atoms with Crippen molar-refractivity contribution in [1.29, 1.82) is 0 Å². The number of thioether (sulfide) groups is 1. The third-order valence-corrected chi connectivity index (χ3v) is 6.96. The first-order valence-corrected chi connectivity index (χ1v) is 11.9. The zero-order valence-corrected chi connectivity index (χ0v) is 20.5. The standard InChI is InChI=1S/C26H24F2N4O3S/c1-31(34-2)25(33)32-26(20-11-7-4-8-12-20,15-16-35-29-18-19-9-5-3-6-10-19)36-24(30-32)22-17-21(27)13-14-23(22)28/h3-14,17-18H,15-16H2,1-2H3/b29-18+. The van der Waals surface area contributed by atoms with E-state index in [2.05, 4.69) is 10.3 Å². The van der Waals surface area contributed by atoms with Crippen molar-refractivity contribution in [3.63, 3.8) is 0 Å². The molecule has 4 rings (SSSR count). The molecule has 0 radical (unpaired) electrons. The van der Waals surface area contributed by atoms with Crippen LogP contribution >= 0.6 is 11.8 Å². The molecule has 0 aromatic heterocycles. The average Bonchev–Trinajstić information content (AvgIpc) is 3.30. The van der Waals surface area contributed by atoms with Gasteiger partial charge in [-0.05, 0) is 29.3 Å². The van der Waals surface area contributed by atoms with Gasteiger partial charge in [-0.1, -0.05) is 77.6 Å². The van der Waals surface area contributed by atoms with Crippen LogP contribution < -0.4 is 0 Å². The lowest BCUT2D eigenvalue weighted by atomic mass is 10.0. The number of oxime groups is 1. The Morgan fingerprint density at radius 3 is 2.50 bits per heavy atom. The van der Waals surface area contributed by atoms with Crippen LogP contribution in [0.4, 0.5) is 13.6 Å². The van der Waals surface area contributed by atoms with Gasteiger partial charge in [-0.2, -0.15) is 10.1 Å². The number of hydroxylamine groups is 2. The smallest absolute Gasteiger partial charge is 0.365 e. The van der Waals surface area contributed by atoms with Gasteiger partial charge in [-0.25, -0.2) is 18.6 Å². The highest BCUT2D eigenvalue weighted by atomic mass is 32.2. The lowest BCUT2D eigenvalue weighted by Crippen LogP contribution is -2.47. The molecule has 0 saturated carbocycles. The summed E-state index contributed by atoms with van der Waals surface area (Å²) in [5, 5.41) is 10.9. The monoisotopic (exact) mass is 510 g/mol. The van der Waals surface area contributed by atoms with E-state index in [1.807, 2.05) is 60.7 Å². The van der Waals surface area contributed by atoms with Crippen molar-refractivity contribution in [2.24, 2.45) is 10.3 Å². The second-order valence-electron chi connectivity index (χ2n) is 7.78. The summed E-state index contributed by atoms with van der Waals surface area (Å²) < 4.78 is 28.7. The lowest BCUT2D eigenvalue weighted by Gasteiger charge is -2.36.